The Morgan fingerprint density at radius 3 is 2.47 bits per heavy atom. The van der Waals surface area contributed by atoms with Crippen molar-refractivity contribution in [3.05, 3.63) is 54.0 Å². The zero-order chi connectivity index (χ0) is 13.4. The Hall–Kier alpha value is -1.87. The number of nitrogens with zero attached hydrogens (tertiary/aromatic N) is 3. The van der Waals surface area contributed by atoms with E-state index in [-0.39, 0.29) is 5.38 Å². The van der Waals surface area contributed by atoms with Gasteiger partial charge in [-0.25, -0.2) is 9.97 Å². The molecule has 96 valence electrons. The Balaban J connectivity index is 2.36. The van der Waals surface area contributed by atoms with E-state index in [0.717, 1.165) is 28.4 Å². The molecule has 0 saturated carbocycles. The Kier molecular flexibility index (Phi) is 2.99. The van der Waals surface area contributed by atoms with Crippen molar-refractivity contribution in [3.8, 4) is 5.69 Å². The van der Waals surface area contributed by atoms with Gasteiger partial charge in [0.25, 0.3) is 0 Å². The second kappa shape index (κ2) is 4.67. The first-order valence-electron chi connectivity index (χ1n) is 6.22. The van der Waals surface area contributed by atoms with Crippen LogP contribution in [-0.4, -0.2) is 14.5 Å². The minimum Gasteiger partial charge on any atom is -0.279 e. The molecule has 0 fully saturated rings. The van der Waals surface area contributed by atoms with Crippen molar-refractivity contribution < 1.29 is 0 Å². The SMILES string of the molecule is Cc1ccc2nc(C(C)Cl)n(-c3ccccc3)c2n1. The molecule has 0 amide bonds. The molecule has 1 aromatic carbocycles. The van der Waals surface area contributed by atoms with Gasteiger partial charge in [0.2, 0.25) is 0 Å². The van der Waals surface area contributed by atoms with Gasteiger partial charge in [0, 0.05) is 11.4 Å². The molecular formula is C15H14ClN3. The lowest BCUT2D eigenvalue weighted by Crippen LogP contribution is -2.02. The average Bonchev–Trinajstić information content (AvgIpc) is 2.78. The smallest absolute Gasteiger partial charge is 0.164 e. The standard InChI is InChI=1S/C15H14ClN3/c1-10-8-9-13-15(17-10)19(14(18-13)11(2)16)12-6-4-3-5-7-12/h3-9,11H,1-2H3. The maximum atomic E-state index is 6.26. The summed E-state index contributed by atoms with van der Waals surface area (Å²) >= 11 is 6.26. The van der Waals surface area contributed by atoms with Crippen LogP contribution in [0.3, 0.4) is 0 Å². The number of imidazole rings is 1. The van der Waals surface area contributed by atoms with Gasteiger partial charge in [0.1, 0.15) is 11.3 Å². The highest BCUT2D eigenvalue weighted by Gasteiger charge is 2.17. The van der Waals surface area contributed by atoms with Gasteiger partial charge in [-0.3, -0.25) is 4.57 Å². The zero-order valence-corrected chi connectivity index (χ0v) is 11.6. The molecule has 2 aromatic heterocycles. The number of aromatic nitrogens is 3. The first-order chi connectivity index (χ1) is 9.16. The normalized spacial score (nSPS) is 12.8. The molecule has 3 rings (SSSR count). The maximum Gasteiger partial charge on any atom is 0.164 e. The molecule has 0 N–H and O–H groups in total. The molecule has 0 aliphatic heterocycles. The average molecular weight is 272 g/mol. The van der Waals surface area contributed by atoms with E-state index in [1.54, 1.807) is 0 Å². The van der Waals surface area contributed by atoms with Crippen LogP contribution >= 0.6 is 11.6 Å². The number of pyridine rings is 1. The van der Waals surface area contributed by atoms with Gasteiger partial charge in [-0.1, -0.05) is 18.2 Å². The fourth-order valence-corrected chi connectivity index (χ4v) is 2.31. The third-order valence-electron chi connectivity index (χ3n) is 3.04. The minimum absolute atomic E-state index is 0.172. The number of para-hydroxylation sites is 1. The highest BCUT2D eigenvalue weighted by atomic mass is 35.5. The number of halogens is 1. The van der Waals surface area contributed by atoms with Crippen molar-refractivity contribution in [2.24, 2.45) is 0 Å². The van der Waals surface area contributed by atoms with Gasteiger partial charge in [-0.15, -0.1) is 11.6 Å². The molecule has 3 aromatic rings. The first-order valence-corrected chi connectivity index (χ1v) is 6.66. The zero-order valence-electron chi connectivity index (χ0n) is 10.8. The van der Waals surface area contributed by atoms with Crippen LogP contribution in [0.1, 0.15) is 23.8 Å². The number of benzene rings is 1. The summed E-state index contributed by atoms with van der Waals surface area (Å²) in [6.45, 7) is 3.90. The van der Waals surface area contributed by atoms with Crippen molar-refractivity contribution >= 4 is 22.8 Å². The topological polar surface area (TPSA) is 30.7 Å². The summed E-state index contributed by atoms with van der Waals surface area (Å²) in [5, 5.41) is -0.172. The van der Waals surface area contributed by atoms with E-state index in [1.165, 1.54) is 0 Å². The second-order valence-electron chi connectivity index (χ2n) is 4.55. The van der Waals surface area contributed by atoms with Crippen LogP contribution in [-0.2, 0) is 0 Å². The van der Waals surface area contributed by atoms with Crippen LogP contribution < -0.4 is 0 Å². The number of aryl methyl sites for hydroxylation is 1. The number of hydrogen-bond acceptors (Lipinski definition) is 2. The largest absolute Gasteiger partial charge is 0.279 e. The summed E-state index contributed by atoms with van der Waals surface area (Å²) in [7, 11) is 0. The molecule has 1 unspecified atom stereocenters. The summed E-state index contributed by atoms with van der Waals surface area (Å²) in [6.07, 6.45) is 0. The Morgan fingerprint density at radius 2 is 1.79 bits per heavy atom. The molecule has 0 spiro atoms. The van der Waals surface area contributed by atoms with Gasteiger partial charge in [-0.2, -0.15) is 0 Å². The Labute approximate surface area is 116 Å². The predicted octanol–water partition coefficient (Wildman–Crippen LogP) is 4.03. The fourth-order valence-electron chi connectivity index (χ4n) is 2.17. The molecule has 1 atom stereocenters. The van der Waals surface area contributed by atoms with Gasteiger partial charge in [-0.05, 0) is 38.1 Å². The third kappa shape index (κ3) is 2.10. The van der Waals surface area contributed by atoms with E-state index in [4.69, 9.17) is 11.6 Å². The molecule has 0 aliphatic rings. The minimum atomic E-state index is -0.172. The molecule has 4 heteroatoms. The van der Waals surface area contributed by atoms with E-state index in [0.29, 0.717) is 0 Å². The lowest BCUT2D eigenvalue weighted by atomic mass is 10.3. The molecule has 0 aliphatic carbocycles. The van der Waals surface area contributed by atoms with Gasteiger partial charge >= 0.3 is 0 Å². The van der Waals surface area contributed by atoms with E-state index >= 15 is 0 Å². The first kappa shape index (κ1) is 12.2. The van der Waals surface area contributed by atoms with Gasteiger partial charge < -0.3 is 0 Å². The Bertz CT molecular complexity index is 717. The van der Waals surface area contributed by atoms with E-state index in [1.807, 2.05) is 60.9 Å². The lowest BCUT2D eigenvalue weighted by Gasteiger charge is -2.09. The lowest BCUT2D eigenvalue weighted by molar-refractivity contribution is 0.876. The van der Waals surface area contributed by atoms with Crippen LogP contribution in [0.25, 0.3) is 16.9 Å². The summed E-state index contributed by atoms with van der Waals surface area (Å²) < 4.78 is 2.03. The maximum absolute atomic E-state index is 6.26. The number of alkyl halides is 1. The third-order valence-corrected chi connectivity index (χ3v) is 3.24. The van der Waals surface area contributed by atoms with Crippen molar-refractivity contribution in [1.82, 2.24) is 14.5 Å². The van der Waals surface area contributed by atoms with E-state index < -0.39 is 0 Å². The summed E-state index contributed by atoms with van der Waals surface area (Å²) in [4.78, 5) is 9.20. The molecule has 3 nitrogen and oxygen atoms in total. The van der Waals surface area contributed by atoms with E-state index in [2.05, 4.69) is 9.97 Å². The second-order valence-corrected chi connectivity index (χ2v) is 5.21. The quantitative estimate of drug-likeness (QED) is 0.659. The molecule has 0 saturated heterocycles. The van der Waals surface area contributed by atoms with Gasteiger partial charge in [0.15, 0.2) is 5.65 Å². The van der Waals surface area contributed by atoms with Crippen LogP contribution in [0.2, 0.25) is 0 Å². The highest BCUT2D eigenvalue weighted by Crippen LogP contribution is 2.27. The van der Waals surface area contributed by atoms with Crippen molar-refractivity contribution in [3.63, 3.8) is 0 Å². The molecule has 0 bridgehead atoms. The molecular weight excluding hydrogens is 258 g/mol. The predicted molar refractivity (Wildman–Crippen MR) is 77.9 cm³/mol. The Morgan fingerprint density at radius 1 is 1.05 bits per heavy atom. The molecule has 0 radical (unpaired) electrons. The van der Waals surface area contributed by atoms with Crippen LogP contribution in [0.4, 0.5) is 0 Å². The van der Waals surface area contributed by atoms with Gasteiger partial charge in [0.05, 0.1) is 5.38 Å². The summed E-state index contributed by atoms with van der Waals surface area (Å²) in [6, 6.07) is 14.0. The summed E-state index contributed by atoms with van der Waals surface area (Å²) in [5.41, 5.74) is 3.73. The number of hydrogen-bond donors (Lipinski definition) is 0. The van der Waals surface area contributed by atoms with Crippen molar-refractivity contribution in [2.45, 2.75) is 19.2 Å². The summed E-state index contributed by atoms with van der Waals surface area (Å²) in [5.74, 6) is 0.820. The monoisotopic (exact) mass is 271 g/mol. The highest BCUT2D eigenvalue weighted by molar-refractivity contribution is 6.20. The van der Waals surface area contributed by atoms with Crippen molar-refractivity contribution in [2.75, 3.05) is 0 Å². The number of fused-ring (bicyclic) bond motifs is 1. The van der Waals surface area contributed by atoms with Crippen LogP contribution in [0.5, 0.6) is 0 Å². The van der Waals surface area contributed by atoms with E-state index in [9.17, 15) is 0 Å². The van der Waals surface area contributed by atoms with Crippen LogP contribution in [0.15, 0.2) is 42.5 Å². The fraction of sp³-hybridized carbons (Fsp3) is 0.200. The number of rotatable bonds is 2. The van der Waals surface area contributed by atoms with Crippen molar-refractivity contribution in [1.29, 1.82) is 0 Å². The molecule has 2 heterocycles. The van der Waals surface area contributed by atoms with Crippen LogP contribution in [0, 0.1) is 6.92 Å². The molecule has 19 heavy (non-hydrogen) atoms.